The molecule has 0 aliphatic carbocycles. The molecule has 16 heavy (non-hydrogen) atoms. The maximum Gasteiger partial charge on any atom is 0.321 e. The molecular formula is C11H16N2O3. The molecule has 1 rings (SSSR count). The van der Waals surface area contributed by atoms with Crippen molar-refractivity contribution in [3.63, 3.8) is 0 Å². The molecule has 88 valence electrons. The highest BCUT2D eigenvalue weighted by atomic mass is 16.5. The molecule has 0 aliphatic heterocycles. The van der Waals surface area contributed by atoms with E-state index in [0.29, 0.717) is 13.2 Å². The first-order chi connectivity index (χ1) is 7.83. The van der Waals surface area contributed by atoms with Crippen molar-refractivity contribution < 1.29 is 14.3 Å². The minimum Gasteiger partial charge on any atom is -0.382 e. The van der Waals surface area contributed by atoms with E-state index in [0.717, 1.165) is 5.69 Å². The van der Waals surface area contributed by atoms with Gasteiger partial charge in [0.2, 0.25) is 0 Å². The van der Waals surface area contributed by atoms with Crippen molar-refractivity contribution in [2.24, 2.45) is 0 Å². The van der Waals surface area contributed by atoms with Crippen LogP contribution < -0.4 is 10.6 Å². The summed E-state index contributed by atoms with van der Waals surface area (Å²) in [6.07, 6.45) is 0. The molecule has 0 heterocycles. The molecule has 0 unspecified atom stereocenters. The summed E-state index contributed by atoms with van der Waals surface area (Å²) in [6.45, 7) is 1.14. The normalized spacial score (nSPS) is 9.81. The number of methoxy groups -OCH3 is 1. The number of anilines is 1. The standard InChI is InChI=1S/C11H16N2O3/c1-15-7-8-16-9-12-11(14)13-10-5-3-2-4-6-10/h2-6H,7-9H2,1H3,(H2,12,13,14). The maximum absolute atomic E-state index is 11.3. The van der Waals surface area contributed by atoms with Crippen molar-refractivity contribution >= 4 is 11.7 Å². The third-order valence-electron chi connectivity index (χ3n) is 1.80. The van der Waals surface area contributed by atoms with Gasteiger partial charge in [-0.05, 0) is 12.1 Å². The van der Waals surface area contributed by atoms with E-state index in [1.165, 1.54) is 0 Å². The molecule has 2 N–H and O–H groups in total. The summed E-state index contributed by atoms with van der Waals surface area (Å²) in [5, 5.41) is 5.23. The molecule has 0 bridgehead atoms. The van der Waals surface area contributed by atoms with Gasteiger partial charge in [0, 0.05) is 12.8 Å². The molecule has 5 heteroatoms. The number of hydrogen-bond acceptors (Lipinski definition) is 3. The number of amides is 2. The number of nitrogens with one attached hydrogen (secondary N) is 2. The predicted octanol–water partition coefficient (Wildman–Crippen LogP) is 1.43. The lowest BCUT2D eigenvalue weighted by molar-refractivity contribution is 0.0650. The van der Waals surface area contributed by atoms with Crippen LogP contribution in [0.3, 0.4) is 0 Å². The molecular weight excluding hydrogens is 208 g/mol. The third kappa shape index (κ3) is 5.33. The average Bonchev–Trinajstić information content (AvgIpc) is 2.30. The van der Waals surface area contributed by atoms with Crippen LogP contribution in [0.2, 0.25) is 0 Å². The zero-order chi connectivity index (χ0) is 11.6. The molecule has 0 atom stereocenters. The highest BCUT2D eigenvalue weighted by Crippen LogP contribution is 2.03. The maximum atomic E-state index is 11.3. The van der Waals surface area contributed by atoms with Crippen LogP contribution in [0.4, 0.5) is 10.5 Å². The average molecular weight is 224 g/mol. The van der Waals surface area contributed by atoms with E-state index in [9.17, 15) is 4.79 Å². The Bertz CT molecular complexity index is 303. The van der Waals surface area contributed by atoms with Gasteiger partial charge in [-0.3, -0.25) is 0 Å². The van der Waals surface area contributed by atoms with Crippen molar-refractivity contribution in [3.05, 3.63) is 30.3 Å². The Labute approximate surface area is 94.7 Å². The molecule has 1 aromatic carbocycles. The molecule has 0 aromatic heterocycles. The van der Waals surface area contributed by atoms with E-state index in [1.54, 1.807) is 7.11 Å². The number of rotatable bonds is 6. The Kier molecular flexibility index (Phi) is 5.98. The fraction of sp³-hybridized carbons (Fsp3) is 0.364. The molecule has 0 spiro atoms. The van der Waals surface area contributed by atoms with Gasteiger partial charge >= 0.3 is 6.03 Å². The summed E-state index contributed by atoms with van der Waals surface area (Å²) in [5.41, 5.74) is 0.747. The number of ether oxygens (including phenoxy) is 2. The van der Waals surface area contributed by atoms with E-state index in [-0.39, 0.29) is 12.8 Å². The van der Waals surface area contributed by atoms with Crippen molar-refractivity contribution in [2.75, 3.05) is 32.4 Å². The quantitative estimate of drug-likeness (QED) is 0.567. The Morgan fingerprint density at radius 3 is 2.69 bits per heavy atom. The highest BCUT2D eigenvalue weighted by Gasteiger charge is 1.99. The first kappa shape index (κ1) is 12.5. The monoisotopic (exact) mass is 224 g/mol. The molecule has 2 amide bonds. The second kappa shape index (κ2) is 7.67. The zero-order valence-corrected chi connectivity index (χ0v) is 9.23. The van der Waals surface area contributed by atoms with E-state index in [1.807, 2.05) is 30.3 Å². The summed E-state index contributed by atoms with van der Waals surface area (Å²) in [4.78, 5) is 11.3. The Morgan fingerprint density at radius 1 is 1.25 bits per heavy atom. The summed E-state index contributed by atoms with van der Waals surface area (Å²) in [6, 6.07) is 8.92. The zero-order valence-electron chi connectivity index (χ0n) is 9.23. The molecule has 0 radical (unpaired) electrons. The Hall–Kier alpha value is -1.59. The first-order valence-electron chi connectivity index (χ1n) is 4.99. The second-order valence-corrected chi connectivity index (χ2v) is 3.04. The van der Waals surface area contributed by atoms with Crippen LogP contribution in [0.15, 0.2) is 30.3 Å². The fourth-order valence-electron chi connectivity index (χ4n) is 1.03. The van der Waals surface area contributed by atoms with Gasteiger partial charge in [-0.15, -0.1) is 0 Å². The van der Waals surface area contributed by atoms with E-state index in [2.05, 4.69) is 10.6 Å². The van der Waals surface area contributed by atoms with Crippen molar-refractivity contribution in [1.82, 2.24) is 5.32 Å². The van der Waals surface area contributed by atoms with E-state index in [4.69, 9.17) is 9.47 Å². The van der Waals surface area contributed by atoms with Crippen molar-refractivity contribution in [2.45, 2.75) is 0 Å². The van der Waals surface area contributed by atoms with Gasteiger partial charge in [-0.2, -0.15) is 0 Å². The molecule has 0 saturated heterocycles. The lowest BCUT2D eigenvalue weighted by Crippen LogP contribution is -2.31. The van der Waals surface area contributed by atoms with Gasteiger partial charge in [0.15, 0.2) is 0 Å². The Morgan fingerprint density at radius 2 is 2.00 bits per heavy atom. The molecule has 0 aliphatic rings. The number of benzene rings is 1. The largest absolute Gasteiger partial charge is 0.382 e. The number of hydrogen-bond donors (Lipinski definition) is 2. The van der Waals surface area contributed by atoms with Crippen molar-refractivity contribution in [1.29, 1.82) is 0 Å². The summed E-state index contributed by atoms with van der Waals surface area (Å²) >= 11 is 0. The van der Waals surface area contributed by atoms with Gasteiger partial charge in [0.25, 0.3) is 0 Å². The molecule has 1 aromatic rings. The van der Waals surface area contributed by atoms with Crippen LogP contribution in [-0.4, -0.2) is 33.1 Å². The van der Waals surface area contributed by atoms with Gasteiger partial charge in [-0.1, -0.05) is 18.2 Å². The number of carbonyl (C=O) groups excluding carboxylic acids is 1. The first-order valence-corrected chi connectivity index (χ1v) is 4.99. The second-order valence-electron chi connectivity index (χ2n) is 3.04. The highest BCUT2D eigenvalue weighted by molar-refractivity contribution is 5.88. The Balaban J connectivity index is 2.12. The van der Waals surface area contributed by atoms with Crippen LogP contribution in [0.25, 0.3) is 0 Å². The summed E-state index contributed by atoms with van der Waals surface area (Å²) in [7, 11) is 1.60. The summed E-state index contributed by atoms with van der Waals surface area (Å²) < 4.78 is 9.88. The molecule has 0 fully saturated rings. The fourth-order valence-corrected chi connectivity index (χ4v) is 1.03. The lowest BCUT2D eigenvalue weighted by Gasteiger charge is -2.07. The number of para-hydroxylation sites is 1. The summed E-state index contributed by atoms with van der Waals surface area (Å²) in [5.74, 6) is 0. The minimum absolute atomic E-state index is 0.169. The predicted molar refractivity (Wildman–Crippen MR) is 61.3 cm³/mol. The smallest absolute Gasteiger partial charge is 0.321 e. The molecule has 0 saturated carbocycles. The van der Waals surface area contributed by atoms with Crippen LogP contribution in [-0.2, 0) is 9.47 Å². The van der Waals surface area contributed by atoms with Crippen LogP contribution in [0.5, 0.6) is 0 Å². The van der Waals surface area contributed by atoms with Crippen LogP contribution in [0, 0.1) is 0 Å². The SMILES string of the molecule is COCCOCNC(=O)Nc1ccccc1. The third-order valence-corrected chi connectivity index (χ3v) is 1.80. The molecule has 5 nitrogen and oxygen atoms in total. The van der Waals surface area contributed by atoms with E-state index >= 15 is 0 Å². The minimum atomic E-state index is -0.288. The van der Waals surface area contributed by atoms with Gasteiger partial charge < -0.3 is 20.1 Å². The topological polar surface area (TPSA) is 59.6 Å². The number of carbonyl (C=O) groups is 1. The van der Waals surface area contributed by atoms with Gasteiger partial charge in [-0.25, -0.2) is 4.79 Å². The van der Waals surface area contributed by atoms with E-state index < -0.39 is 0 Å². The number of urea groups is 1. The van der Waals surface area contributed by atoms with Gasteiger partial charge in [0.1, 0.15) is 6.73 Å². The van der Waals surface area contributed by atoms with Crippen molar-refractivity contribution in [3.8, 4) is 0 Å². The van der Waals surface area contributed by atoms with Crippen LogP contribution >= 0.6 is 0 Å². The van der Waals surface area contributed by atoms with Crippen LogP contribution in [0.1, 0.15) is 0 Å². The lowest BCUT2D eigenvalue weighted by atomic mass is 10.3. The van der Waals surface area contributed by atoms with Gasteiger partial charge in [0.05, 0.1) is 13.2 Å².